The Morgan fingerprint density at radius 2 is 1.89 bits per heavy atom. The first kappa shape index (κ1) is 34.3. The molecule has 0 bridgehead atoms. The van der Waals surface area contributed by atoms with Crippen LogP contribution in [-0.2, 0) is 19.6 Å². The van der Waals surface area contributed by atoms with E-state index in [0.717, 1.165) is 42.3 Å². The van der Waals surface area contributed by atoms with Crippen LogP contribution in [0.2, 0.25) is 0 Å². The van der Waals surface area contributed by atoms with Crippen LogP contribution in [0.4, 0.5) is 0 Å². The summed E-state index contributed by atoms with van der Waals surface area (Å²) in [5, 5.41) is 10.6. The third-order valence-corrected chi connectivity index (χ3v) is 11.0. The molecule has 1 amide bonds. The number of amides is 1. The van der Waals surface area contributed by atoms with Crippen LogP contribution in [0.3, 0.4) is 0 Å². The van der Waals surface area contributed by atoms with E-state index < -0.39 is 33.9 Å². The Morgan fingerprint density at radius 3 is 2.52 bits per heavy atom. The second-order valence-corrected chi connectivity index (χ2v) is 15.3. The number of carbonyl (C=O) groups is 2. The van der Waals surface area contributed by atoms with Crippen molar-refractivity contribution < 1.29 is 41.8 Å². The monoisotopic (exact) mass is 639 g/mol. The number of sulfonamides is 1. The largest absolute Gasteiger partial charge is 0.493 e. The molecule has 0 saturated carbocycles. The number of ether oxygens (including phenoxy) is 3. The summed E-state index contributed by atoms with van der Waals surface area (Å²) in [7, 11) is 4.66. The quantitative estimate of drug-likeness (QED) is 0.214. The fraction of sp³-hybridized carbons (Fsp3) is 0.742. The minimum atomic E-state index is -3.34. The summed E-state index contributed by atoms with van der Waals surface area (Å²) in [6.45, 7) is 5.58. The molecule has 0 spiro atoms. The maximum atomic E-state index is 13.8. The number of rotatable bonds is 16. The number of fused-ring (bicyclic) bond motifs is 1. The number of hydrogen-bond donors (Lipinski definition) is 1. The molecule has 3 aliphatic rings. The van der Waals surface area contributed by atoms with Crippen LogP contribution in [0.5, 0.6) is 17.2 Å². The van der Waals surface area contributed by atoms with Crippen molar-refractivity contribution in [1.29, 1.82) is 0 Å². The number of likely N-dealkylation sites (tertiary alicyclic amines) is 1. The fourth-order valence-electron chi connectivity index (χ4n) is 6.65. The van der Waals surface area contributed by atoms with Crippen molar-refractivity contribution in [2.45, 2.75) is 57.4 Å². The first-order valence-corrected chi connectivity index (χ1v) is 17.5. The van der Waals surface area contributed by atoms with E-state index >= 15 is 0 Å². The van der Waals surface area contributed by atoms with Gasteiger partial charge in [-0.05, 0) is 49.8 Å². The summed E-state index contributed by atoms with van der Waals surface area (Å²) >= 11 is 0. The number of benzene rings is 1. The first-order chi connectivity index (χ1) is 20.8. The van der Waals surface area contributed by atoms with Crippen LogP contribution < -0.4 is 14.2 Å². The lowest BCUT2D eigenvalue weighted by Crippen LogP contribution is -2.46. The van der Waals surface area contributed by atoms with Crippen molar-refractivity contribution in [3.63, 3.8) is 0 Å². The van der Waals surface area contributed by atoms with E-state index in [-0.39, 0.29) is 31.5 Å². The summed E-state index contributed by atoms with van der Waals surface area (Å²) in [6, 6.07) is 3.07. The molecule has 2 saturated heterocycles. The molecule has 1 aromatic rings. The molecule has 1 N–H and O–H groups in total. The summed E-state index contributed by atoms with van der Waals surface area (Å²) in [6.07, 6.45) is 4.66. The van der Waals surface area contributed by atoms with Crippen molar-refractivity contribution in [1.82, 2.24) is 14.1 Å². The molecule has 3 atom stereocenters. The van der Waals surface area contributed by atoms with Crippen molar-refractivity contribution >= 4 is 21.9 Å². The zero-order chi connectivity index (χ0) is 32.1. The number of carbonyl (C=O) groups excluding carboxylic acids is 1. The number of nitrogens with zero attached hydrogens (tertiary/aromatic N) is 4. The van der Waals surface area contributed by atoms with Gasteiger partial charge in [0.25, 0.3) is 0 Å². The van der Waals surface area contributed by atoms with Crippen LogP contribution in [0.1, 0.15) is 56.9 Å². The number of quaternary nitrogens is 1. The van der Waals surface area contributed by atoms with Gasteiger partial charge in [-0.25, -0.2) is 12.7 Å². The van der Waals surface area contributed by atoms with Crippen LogP contribution in [0.25, 0.3) is 0 Å². The highest BCUT2D eigenvalue weighted by Gasteiger charge is 2.48. The maximum absolute atomic E-state index is 13.8. The average molecular weight is 640 g/mol. The molecule has 3 aliphatic heterocycles. The fourth-order valence-corrected chi connectivity index (χ4v) is 8.19. The number of methoxy groups -OCH3 is 1. The second-order valence-electron chi connectivity index (χ2n) is 13.2. The van der Waals surface area contributed by atoms with Gasteiger partial charge in [0, 0.05) is 44.7 Å². The van der Waals surface area contributed by atoms with Crippen LogP contribution in [0.15, 0.2) is 12.1 Å². The topological polar surface area (TPSA) is 126 Å². The molecular weight excluding hydrogens is 588 g/mol. The van der Waals surface area contributed by atoms with Crippen molar-refractivity contribution in [3.05, 3.63) is 17.7 Å². The van der Waals surface area contributed by atoms with Crippen LogP contribution in [-0.4, -0.2) is 137 Å². The Kier molecular flexibility index (Phi) is 11.4. The summed E-state index contributed by atoms with van der Waals surface area (Å²) in [5.41, 5.74) is 0.732. The van der Waals surface area contributed by atoms with Gasteiger partial charge in [0.2, 0.25) is 28.5 Å². The van der Waals surface area contributed by atoms with Gasteiger partial charge in [-0.1, -0.05) is 13.3 Å². The lowest BCUT2D eigenvalue weighted by molar-refractivity contribution is -0.870. The molecule has 0 aromatic heterocycles. The highest BCUT2D eigenvalue weighted by Crippen LogP contribution is 2.47. The van der Waals surface area contributed by atoms with Crippen molar-refractivity contribution in [3.8, 4) is 17.2 Å². The van der Waals surface area contributed by atoms with Crippen LogP contribution >= 0.6 is 0 Å². The molecule has 12 nitrogen and oxygen atoms in total. The van der Waals surface area contributed by atoms with Gasteiger partial charge >= 0.3 is 5.97 Å². The number of carboxylic acid groups (broad SMARTS) is 1. The molecule has 0 aliphatic carbocycles. The average Bonchev–Trinajstić information content (AvgIpc) is 3.66. The Labute approximate surface area is 262 Å². The van der Waals surface area contributed by atoms with Crippen LogP contribution in [0, 0.1) is 5.92 Å². The van der Waals surface area contributed by atoms with E-state index in [0.29, 0.717) is 56.3 Å². The second kappa shape index (κ2) is 14.7. The minimum Gasteiger partial charge on any atom is -0.493 e. The molecule has 13 heteroatoms. The Hall–Kier alpha value is -2.61. The number of hydrogen-bond acceptors (Lipinski definition) is 8. The zero-order valence-corrected chi connectivity index (χ0v) is 27.8. The lowest BCUT2D eigenvalue weighted by atomic mass is 9.84. The van der Waals surface area contributed by atoms with Crippen molar-refractivity contribution in [2.75, 3.05) is 86.6 Å². The first-order valence-electron chi connectivity index (χ1n) is 15.8. The van der Waals surface area contributed by atoms with E-state index in [9.17, 15) is 23.1 Å². The molecule has 0 radical (unpaired) electrons. The van der Waals surface area contributed by atoms with Gasteiger partial charge in [0.05, 0.1) is 53.0 Å². The Morgan fingerprint density at radius 1 is 1.14 bits per heavy atom. The molecule has 3 unspecified atom stereocenters. The molecule has 248 valence electrons. The highest BCUT2D eigenvalue weighted by molar-refractivity contribution is 7.89. The third kappa shape index (κ3) is 8.35. The maximum Gasteiger partial charge on any atom is 0.308 e. The normalized spacial score (nSPS) is 23.2. The SMILES string of the molecule is CCCCN(CCCC[N+](C)(C)C)C(=O)CN1CC(c2cc(OC)c3c(c2)OCO3)C(C(=O)O)C1CCN1CCCS1(=O)=O. The van der Waals surface area contributed by atoms with E-state index in [1.807, 2.05) is 9.80 Å². The lowest BCUT2D eigenvalue weighted by Gasteiger charge is -2.31. The molecule has 1 aromatic carbocycles. The molecule has 44 heavy (non-hydrogen) atoms. The number of aliphatic carboxylic acids is 1. The van der Waals surface area contributed by atoms with Gasteiger partial charge in [0.15, 0.2) is 11.5 Å². The summed E-state index contributed by atoms with van der Waals surface area (Å²) in [5.74, 6) is -0.743. The Bertz CT molecular complexity index is 1270. The van der Waals surface area contributed by atoms with Gasteiger partial charge in [0.1, 0.15) is 0 Å². The number of unbranched alkanes of at least 4 members (excludes halogenated alkanes) is 2. The molecule has 4 rings (SSSR count). The Balaban J connectivity index is 1.59. The molecule has 3 heterocycles. The van der Waals surface area contributed by atoms with Gasteiger partial charge in [-0.15, -0.1) is 0 Å². The molecular formula is C31H51N4O8S+. The zero-order valence-electron chi connectivity index (χ0n) is 27.0. The van der Waals surface area contributed by atoms with Gasteiger partial charge in [-0.2, -0.15) is 0 Å². The number of carboxylic acids is 1. The predicted octanol–water partition coefficient (Wildman–Crippen LogP) is 2.43. The predicted molar refractivity (Wildman–Crippen MR) is 167 cm³/mol. The molecule has 2 fully saturated rings. The van der Waals surface area contributed by atoms with E-state index in [1.54, 1.807) is 12.1 Å². The van der Waals surface area contributed by atoms with Crippen molar-refractivity contribution in [2.24, 2.45) is 5.92 Å². The van der Waals surface area contributed by atoms with Gasteiger partial charge in [-0.3, -0.25) is 14.5 Å². The smallest absolute Gasteiger partial charge is 0.308 e. The highest BCUT2D eigenvalue weighted by atomic mass is 32.2. The standard InChI is InChI=1S/C31H50N4O8S/c1-6-7-12-32(13-8-9-16-35(2,3)4)28(36)21-33-20-24(23-18-26(41-5)30-27(19-23)42-22-43-30)29(31(37)38)25(33)11-15-34-14-10-17-44(34,39)40/h18-19,24-25,29H,6-17,20-22H2,1-5H3/p+1. The van der Waals surface area contributed by atoms with E-state index in [2.05, 4.69) is 28.1 Å². The van der Waals surface area contributed by atoms with E-state index in [1.165, 1.54) is 11.4 Å². The minimum absolute atomic E-state index is 0.0180. The summed E-state index contributed by atoms with van der Waals surface area (Å²) in [4.78, 5) is 30.7. The van der Waals surface area contributed by atoms with E-state index in [4.69, 9.17) is 14.2 Å². The van der Waals surface area contributed by atoms with Gasteiger partial charge < -0.3 is 28.7 Å². The summed E-state index contributed by atoms with van der Waals surface area (Å²) < 4.78 is 44.2. The third-order valence-electron chi connectivity index (χ3n) is 9.00.